The summed E-state index contributed by atoms with van der Waals surface area (Å²) >= 11 is 0. The van der Waals surface area contributed by atoms with Gasteiger partial charge < -0.3 is 9.47 Å². The van der Waals surface area contributed by atoms with E-state index < -0.39 is 5.97 Å². The van der Waals surface area contributed by atoms with E-state index in [0.29, 0.717) is 23.5 Å². The van der Waals surface area contributed by atoms with E-state index in [0.717, 1.165) is 0 Å². The second kappa shape index (κ2) is 7.24. The summed E-state index contributed by atoms with van der Waals surface area (Å²) in [7, 11) is 0. The first-order valence-corrected chi connectivity index (χ1v) is 6.69. The number of hydrogen-bond donors (Lipinski definition) is 0. The number of ketones is 1. The van der Waals surface area contributed by atoms with Gasteiger partial charge in [-0.3, -0.25) is 4.79 Å². The maximum Gasteiger partial charge on any atom is 0.344 e. The maximum absolute atomic E-state index is 12.2. The molecule has 0 saturated carbocycles. The van der Waals surface area contributed by atoms with Crippen LogP contribution in [0.25, 0.3) is 0 Å². The van der Waals surface area contributed by atoms with E-state index >= 15 is 0 Å². The molecule has 4 nitrogen and oxygen atoms in total. The highest BCUT2D eigenvalue weighted by Crippen LogP contribution is 2.15. The molecule has 0 unspecified atom stereocenters. The van der Waals surface area contributed by atoms with Gasteiger partial charge in [-0.25, -0.2) is 4.79 Å². The van der Waals surface area contributed by atoms with Gasteiger partial charge in [0.25, 0.3) is 0 Å². The molecule has 0 atom stereocenters. The summed E-state index contributed by atoms with van der Waals surface area (Å²) in [6.45, 7) is 1.93. The van der Waals surface area contributed by atoms with Crippen LogP contribution in [0.15, 0.2) is 54.6 Å². The van der Waals surface area contributed by atoms with Gasteiger partial charge in [-0.15, -0.1) is 0 Å². The minimum absolute atomic E-state index is 0.0486. The monoisotopic (exact) mass is 284 g/mol. The van der Waals surface area contributed by atoms with Gasteiger partial charge in [-0.2, -0.15) is 0 Å². The number of hydrogen-bond acceptors (Lipinski definition) is 4. The Morgan fingerprint density at radius 1 is 0.905 bits per heavy atom. The Labute approximate surface area is 123 Å². The van der Waals surface area contributed by atoms with Crippen LogP contribution in [0, 0.1) is 0 Å². The summed E-state index contributed by atoms with van der Waals surface area (Å²) in [5.74, 6) is 0.0575. The third-order valence-corrected chi connectivity index (χ3v) is 2.81. The molecule has 0 aliphatic carbocycles. The van der Waals surface area contributed by atoms with Crippen LogP contribution in [0.5, 0.6) is 5.75 Å². The molecule has 0 aromatic heterocycles. The predicted molar refractivity (Wildman–Crippen MR) is 78.4 cm³/mol. The molecule has 0 heterocycles. The van der Waals surface area contributed by atoms with Crippen LogP contribution in [-0.4, -0.2) is 25.0 Å². The van der Waals surface area contributed by atoms with E-state index in [1.165, 1.54) is 0 Å². The molecule has 2 aromatic rings. The summed E-state index contributed by atoms with van der Waals surface area (Å²) in [6.07, 6.45) is 0. The number of carbonyl (C=O) groups excluding carboxylic acids is 2. The summed E-state index contributed by atoms with van der Waals surface area (Å²) in [6, 6.07) is 15.7. The van der Waals surface area contributed by atoms with Gasteiger partial charge in [0, 0.05) is 11.1 Å². The van der Waals surface area contributed by atoms with Crippen LogP contribution in [0.2, 0.25) is 0 Å². The smallest absolute Gasteiger partial charge is 0.344 e. The zero-order valence-electron chi connectivity index (χ0n) is 11.7. The van der Waals surface area contributed by atoms with Crippen LogP contribution in [0.1, 0.15) is 22.8 Å². The molecule has 0 N–H and O–H groups in total. The van der Waals surface area contributed by atoms with Gasteiger partial charge in [0.2, 0.25) is 0 Å². The molecule has 2 aromatic carbocycles. The van der Waals surface area contributed by atoms with E-state index in [2.05, 4.69) is 0 Å². The summed E-state index contributed by atoms with van der Waals surface area (Å²) in [5.41, 5.74) is 1.21. The second-order valence-electron chi connectivity index (χ2n) is 4.31. The molecule has 108 valence electrons. The van der Waals surface area contributed by atoms with Crippen LogP contribution in [-0.2, 0) is 9.53 Å². The molecule has 21 heavy (non-hydrogen) atoms. The minimum Gasteiger partial charge on any atom is -0.482 e. The first-order valence-electron chi connectivity index (χ1n) is 6.69. The average molecular weight is 284 g/mol. The Kier molecular flexibility index (Phi) is 5.10. The van der Waals surface area contributed by atoms with Crippen molar-refractivity contribution in [3.8, 4) is 5.75 Å². The maximum atomic E-state index is 12.2. The molecule has 0 saturated heterocycles. The van der Waals surface area contributed by atoms with Crippen molar-refractivity contribution in [2.45, 2.75) is 6.92 Å². The Balaban J connectivity index is 1.99. The molecular weight excluding hydrogens is 268 g/mol. The quantitative estimate of drug-likeness (QED) is 0.604. The van der Waals surface area contributed by atoms with Crippen LogP contribution in [0.4, 0.5) is 0 Å². The van der Waals surface area contributed by atoms with Crippen molar-refractivity contribution < 1.29 is 19.1 Å². The zero-order chi connectivity index (χ0) is 15.1. The molecule has 0 aliphatic rings. The minimum atomic E-state index is -0.415. The predicted octanol–water partition coefficient (Wildman–Crippen LogP) is 2.86. The highest BCUT2D eigenvalue weighted by molar-refractivity contribution is 6.08. The Morgan fingerprint density at radius 2 is 1.52 bits per heavy atom. The fourth-order valence-electron chi connectivity index (χ4n) is 1.80. The lowest BCUT2D eigenvalue weighted by Gasteiger charge is -2.06. The van der Waals surface area contributed by atoms with E-state index in [-0.39, 0.29) is 12.4 Å². The molecule has 0 spiro atoms. The molecule has 0 amide bonds. The Bertz CT molecular complexity index is 602. The lowest BCUT2D eigenvalue weighted by atomic mass is 10.0. The number of esters is 1. The van der Waals surface area contributed by atoms with Gasteiger partial charge in [-0.1, -0.05) is 30.3 Å². The van der Waals surface area contributed by atoms with Gasteiger partial charge in [-0.05, 0) is 31.2 Å². The standard InChI is InChI=1S/C17H16O4/c1-2-20-16(18)12-21-15-10-8-14(9-11-15)17(19)13-6-4-3-5-7-13/h3-11H,2,12H2,1H3. The van der Waals surface area contributed by atoms with Gasteiger partial charge in [0.1, 0.15) is 5.75 Å². The molecule has 4 heteroatoms. The first-order chi connectivity index (χ1) is 10.2. The fourth-order valence-corrected chi connectivity index (χ4v) is 1.80. The van der Waals surface area contributed by atoms with Crippen LogP contribution in [0.3, 0.4) is 0 Å². The van der Waals surface area contributed by atoms with Crippen LogP contribution < -0.4 is 4.74 Å². The SMILES string of the molecule is CCOC(=O)COc1ccc(C(=O)c2ccccc2)cc1. The molecule has 0 radical (unpaired) electrons. The third kappa shape index (κ3) is 4.18. The summed E-state index contributed by atoms with van der Waals surface area (Å²) < 4.78 is 10.0. The normalized spacial score (nSPS) is 9.95. The third-order valence-electron chi connectivity index (χ3n) is 2.81. The first kappa shape index (κ1) is 14.8. The molecule has 0 bridgehead atoms. The topological polar surface area (TPSA) is 52.6 Å². The fraction of sp³-hybridized carbons (Fsp3) is 0.176. The Hall–Kier alpha value is -2.62. The van der Waals surface area contributed by atoms with E-state index in [4.69, 9.17) is 9.47 Å². The average Bonchev–Trinajstić information content (AvgIpc) is 2.54. The zero-order valence-corrected chi connectivity index (χ0v) is 11.7. The van der Waals surface area contributed by atoms with Gasteiger partial charge >= 0.3 is 5.97 Å². The van der Waals surface area contributed by atoms with Crippen molar-refractivity contribution in [3.63, 3.8) is 0 Å². The molecule has 2 rings (SSSR count). The van der Waals surface area contributed by atoms with E-state index in [1.807, 2.05) is 18.2 Å². The lowest BCUT2D eigenvalue weighted by molar-refractivity contribution is -0.145. The second-order valence-corrected chi connectivity index (χ2v) is 4.31. The molecule has 0 aliphatic heterocycles. The number of benzene rings is 2. The van der Waals surface area contributed by atoms with Gasteiger partial charge in [0.05, 0.1) is 6.61 Å². The van der Waals surface area contributed by atoms with Crippen molar-refractivity contribution in [2.75, 3.05) is 13.2 Å². The van der Waals surface area contributed by atoms with E-state index in [9.17, 15) is 9.59 Å². The van der Waals surface area contributed by atoms with E-state index in [1.54, 1.807) is 43.3 Å². The van der Waals surface area contributed by atoms with Gasteiger partial charge in [0.15, 0.2) is 12.4 Å². The number of ether oxygens (including phenoxy) is 2. The largest absolute Gasteiger partial charge is 0.482 e. The lowest BCUT2D eigenvalue weighted by Crippen LogP contribution is -2.14. The van der Waals surface area contributed by atoms with Crippen molar-refractivity contribution in [1.29, 1.82) is 0 Å². The van der Waals surface area contributed by atoms with Crippen LogP contribution >= 0.6 is 0 Å². The molecule has 0 fully saturated rings. The highest BCUT2D eigenvalue weighted by Gasteiger charge is 2.09. The highest BCUT2D eigenvalue weighted by atomic mass is 16.6. The number of carbonyl (C=O) groups is 2. The number of rotatable bonds is 6. The summed E-state index contributed by atoms with van der Waals surface area (Å²) in [5, 5.41) is 0. The van der Waals surface area contributed by atoms with Crippen molar-refractivity contribution >= 4 is 11.8 Å². The van der Waals surface area contributed by atoms with Crippen molar-refractivity contribution in [2.24, 2.45) is 0 Å². The van der Waals surface area contributed by atoms with Crippen molar-refractivity contribution in [3.05, 3.63) is 65.7 Å². The molecular formula is C17H16O4. The Morgan fingerprint density at radius 3 is 2.14 bits per heavy atom. The summed E-state index contributed by atoms with van der Waals surface area (Å²) in [4.78, 5) is 23.4. The van der Waals surface area contributed by atoms with Crippen molar-refractivity contribution in [1.82, 2.24) is 0 Å².